The Hall–Kier alpha value is -1.91. The third-order valence-corrected chi connectivity index (χ3v) is 1.23. The number of hydrogen-bond donors (Lipinski definition) is 1. The molecule has 84 valence electrons. The number of amides is 1. The molecule has 0 unspecified atom stereocenters. The number of carbonyl (C=O) groups excluding carboxylic acids is 1. The number of hydrogen-bond acceptors (Lipinski definition) is 3. The Morgan fingerprint density at radius 2 is 1.80 bits per heavy atom. The summed E-state index contributed by atoms with van der Waals surface area (Å²) in [7, 11) is 1.45. The van der Waals surface area contributed by atoms with Crippen LogP contribution in [0.4, 0.5) is 0 Å². The molecular weight excluding hydrogens is 196 g/mol. The van der Waals surface area contributed by atoms with Crippen molar-refractivity contribution in [2.45, 2.75) is 13.8 Å². The lowest BCUT2D eigenvalue weighted by molar-refractivity contribution is -0.418. The zero-order chi connectivity index (χ0) is 12.4. The molecule has 5 heteroatoms. The first kappa shape index (κ1) is 15.6. The average molecular weight is 212 g/mol. The van der Waals surface area contributed by atoms with Crippen LogP contribution >= 0.6 is 0 Å². The van der Waals surface area contributed by atoms with E-state index in [-0.39, 0.29) is 17.2 Å². The number of nitro groups is 1. The highest BCUT2D eigenvalue weighted by atomic mass is 16.6. The highest BCUT2D eigenvalue weighted by Gasteiger charge is 2.03. The molecule has 0 aromatic heterocycles. The van der Waals surface area contributed by atoms with Crippen LogP contribution in [0.15, 0.2) is 36.6 Å². The quantitative estimate of drug-likeness (QED) is 0.333. The molecule has 5 nitrogen and oxygen atoms in total. The fraction of sp³-hybridized carbons (Fsp3) is 0.300. The van der Waals surface area contributed by atoms with E-state index >= 15 is 0 Å². The molecule has 0 fully saturated rings. The minimum Gasteiger partial charge on any atom is -0.355 e. The minimum absolute atomic E-state index is 0.144. The maximum Gasteiger partial charge on any atom is 0.262 e. The summed E-state index contributed by atoms with van der Waals surface area (Å²) in [6, 6.07) is 0. The van der Waals surface area contributed by atoms with Gasteiger partial charge in [-0.05, 0) is 12.7 Å². The molecule has 1 N–H and O–H groups in total. The van der Waals surface area contributed by atoms with Crippen LogP contribution in [0.5, 0.6) is 0 Å². The van der Waals surface area contributed by atoms with Gasteiger partial charge in [-0.3, -0.25) is 14.9 Å². The van der Waals surface area contributed by atoms with E-state index in [1.54, 1.807) is 0 Å². The molecule has 0 radical (unpaired) electrons. The summed E-state index contributed by atoms with van der Waals surface area (Å²) in [5.41, 5.74) is -0.143. The van der Waals surface area contributed by atoms with Crippen molar-refractivity contribution in [2.24, 2.45) is 0 Å². The summed E-state index contributed by atoms with van der Waals surface area (Å²) < 4.78 is 0. The lowest BCUT2D eigenvalue weighted by Gasteiger charge is -1.95. The van der Waals surface area contributed by atoms with E-state index < -0.39 is 4.92 Å². The molecule has 0 aromatic carbocycles. The molecule has 15 heavy (non-hydrogen) atoms. The molecule has 0 aliphatic rings. The predicted octanol–water partition coefficient (Wildman–Crippen LogP) is 1.66. The lowest BCUT2D eigenvalue weighted by Crippen LogP contribution is -2.18. The van der Waals surface area contributed by atoms with Gasteiger partial charge in [0, 0.05) is 18.7 Å². The number of nitrogens with one attached hydrogen (secondary N) is 1. The molecule has 0 heterocycles. The zero-order valence-corrected chi connectivity index (χ0v) is 9.24. The molecule has 0 atom stereocenters. The molecule has 0 aliphatic heterocycles. The first-order valence-electron chi connectivity index (χ1n) is 4.41. The fourth-order valence-corrected chi connectivity index (χ4v) is 0.494. The number of carbonyl (C=O) groups is 1. The van der Waals surface area contributed by atoms with Crippen LogP contribution in [-0.4, -0.2) is 17.9 Å². The van der Waals surface area contributed by atoms with Crippen LogP contribution in [0, 0.1) is 10.1 Å². The van der Waals surface area contributed by atoms with Crippen LogP contribution in [0.2, 0.25) is 0 Å². The third-order valence-electron chi connectivity index (χ3n) is 1.23. The van der Waals surface area contributed by atoms with Crippen molar-refractivity contribution in [1.82, 2.24) is 5.32 Å². The number of likely N-dealkylation sites (N-methyl/N-ethyl adjacent to an activating group) is 1. The van der Waals surface area contributed by atoms with Gasteiger partial charge in [0.05, 0.1) is 4.92 Å². The highest BCUT2D eigenvalue weighted by molar-refractivity contribution is 5.95. The molecule has 0 rings (SSSR count). The first-order chi connectivity index (χ1) is 6.99. The second kappa shape index (κ2) is 8.68. The van der Waals surface area contributed by atoms with Crippen molar-refractivity contribution in [3.8, 4) is 0 Å². The highest BCUT2D eigenvalue weighted by Crippen LogP contribution is 1.98. The van der Waals surface area contributed by atoms with E-state index in [0.29, 0.717) is 0 Å². The van der Waals surface area contributed by atoms with Crippen molar-refractivity contribution in [3.63, 3.8) is 0 Å². The molecule has 0 saturated carbocycles. The average Bonchev–Trinajstić information content (AvgIpc) is 2.26. The van der Waals surface area contributed by atoms with E-state index in [1.165, 1.54) is 13.1 Å². The van der Waals surface area contributed by atoms with E-state index in [1.807, 2.05) is 13.8 Å². The smallest absolute Gasteiger partial charge is 0.262 e. The topological polar surface area (TPSA) is 72.2 Å². The monoisotopic (exact) mass is 212 g/mol. The van der Waals surface area contributed by atoms with Crippen molar-refractivity contribution >= 4 is 5.91 Å². The molecular formula is C10H16N2O3. The van der Waals surface area contributed by atoms with Crippen LogP contribution in [0.3, 0.4) is 0 Å². The summed E-state index contributed by atoms with van der Waals surface area (Å²) in [6.07, 6.45) is 2.36. The summed E-state index contributed by atoms with van der Waals surface area (Å²) >= 11 is 0. The summed E-state index contributed by atoms with van der Waals surface area (Å²) in [5.74, 6) is -0.382. The molecule has 1 amide bonds. The Balaban J connectivity index is 0. The van der Waals surface area contributed by atoms with Gasteiger partial charge in [0.1, 0.15) is 0 Å². The van der Waals surface area contributed by atoms with Crippen LogP contribution in [0.25, 0.3) is 0 Å². The molecule has 0 spiro atoms. The Morgan fingerprint density at radius 3 is 2.13 bits per heavy atom. The van der Waals surface area contributed by atoms with E-state index in [9.17, 15) is 14.9 Å². The van der Waals surface area contributed by atoms with Gasteiger partial charge in [-0.2, -0.15) is 0 Å². The molecule has 0 saturated heterocycles. The Morgan fingerprint density at radius 1 is 1.33 bits per heavy atom. The van der Waals surface area contributed by atoms with Crippen molar-refractivity contribution in [2.75, 3.05) is 7.05 Å². The molecule has 0 bridgehead atoms. The van der Waals surface area contributed by atoms with E-state index in [4.69, 9.17) is 0 Å². The van der Waals surface area contributed by atoms with Gasteiger partial charge in [0.25, 0.3) is 5.70 Å². The van der Waals surface area contributed by atoms with Gasteiger partial charge in [-0.25, -0.2) is 0 Å². The summed E-state index contributed by atoms with van der Waals surface area (Å²) in [5, 5.41) is 12.4. The van der Waals surface area contributed by atoms with Crippen molar-refractivity contribution in [3.05, 3.63) is 46.7 Å². The Kier molecular flexibility index (Phi) is 9.00. The summed E-state index contributed by atoms with van der Waals surface area (Å²) in [6.45, 7) is 10.5. The minimum atomic E-state index is -0.645. The lowest BCUT2D eigenvalue weighted by atomic mass is 10.2. The maximum absolute atomic E-state index is 10.8. The molecule has 0 aromatic rings. The van der Waals surface area contributed by atoms with E-state index in [0.717, 1.165) is 6.08 Å². The fourth-order valence-electron chi connectivity index (χ4n) is 0.494. The number of allylic oxidation sites excluding steroid dienone is 1. The van der Waals surface area contributed by atoms with Gasteiger partial charge in [-0.15, -0.1) is 0 Å². The normalized spacial score (nSPS) is 8.73. The third kappa shape index (κ3) is 7.18. The predicted molar refractivity (Wildman–Crippen MR) is 59.8 cm³/mol. The van der Waals surface area contributed by atoms with Gasteiger partial charge >= 0.3 is 0 Å². The SMILES string of the molecule is C=C(/C=C\C(=C)[N+](=O)[O-])C(=O)NC.CC. The van der Waals surface area contributed by atoms with E-state index in [2.05, 4.69) is 18.5 Å². The second-order valence-corrected chi connectivity index (χ2v) is 2.19. The zero-order valence-electron chi connectivity index (χ0n) is 9.24. The van der Waals surface area contributed by atoms with Crippen LogP contribution in [-0.2, 0) is 4.79 Å². The Bertz CT molecular complexity index is 293. The van der Waals surface area contributed by atoms with Crippen molar-refractivity contribution in [1.29, 1.82) is 0 Å². The van der Waals surface area contributed by atoms with Gasteiger partial charge in [0.2, 0.25) is 5.91 Å². The largest absolute Gasteiger partial charge is 0.355 e. The Labute approximate surface area is 89.3 Å². The van der Waals surface area contributed by atoms with Gasteiger partial charge < -0.3 is 5.32 Å². The number of nitrogens with zero attached hydrogens (tertiary/aromatic N) is 1. The summed E-state index contributed by atoms with van der Waals surface area (Å²) in [4.78, 5) is 20.3. The number of rotatable bonds is 4. The van der Waals surface area contributed by atoms with Gasteiger partial charge in [0.15, 0.2) is 0 Å². The second-order valence-electron chi connectivity index (χ2n) is 2.19. The maximum atomic E-state index is 10.8. The standard InChI is InChI=1S/C8H10N2O3.C2H6/c1-6(8(11)9-3)4-5-7(2)10(12)13;1-2/h4-5H,1-2H2,3H3,(H,9,11);1-2H3/b5-4-;. The first-order valence-corrected chi connectivity index (χ1v) is 4.41. The van der Waals surface area contributed by atoms with Crippen LogP contribution < -0.4 is 5.32 Å². The van der Waals surface area contributed by atoms with Crippen molar-refractivity contribution < 1.29 is 9.72 Å². The van der Waals surface area contributed by atoms with Crippen LogP contribution in [0.1, 0.15) is 13.8 Å². The van der Waals surface area contributed by atoms with Gasteiger partial charge in [-0.1, -0.05) is 20.4 Å². The molecule has 0 aliphatic carbocycles.